The maximum Gasteiger partial charge on any atom is 0.293 e. The van der Waals surface area contributed by atoms with Crippen LogP contribution in [0.5, 0.6) is 0 Å². The van der Waals surface area contributed by atoms with E-state index in [9.17, 15) is 14.3 Å². The number of hydrogen-bond donors (Lipinski definition) is 1. The van der Waals surface area contributed by atoms with Gasteiger partial charge in [0.15, 0.2) is 0 Å². The molecule has 2 aromatic rings. The number of aryl methyl sites for hydroxylation is 1. The molecule has 1 aromatic carbocycles. The summed E-state index contributed by atoms with van der Waals surface area (Å²) in [5.41, 5.74) is 0.268. The van der Waals surface area contributed by atoms with Gasteiger partial charge >= 0.3 is 0 Å². The van der Waals surface area contributed by atoms with Crippen molar-refractivity contribution in [1.82, 2.24) is 19.7 Å². The van der Waals surface area contributed by atoms with Crippen LogP contribution in [0.2, 0.25) is 0 Å². The summed E-state index contributed by atoms with van der Waals surface area (Å²) in [6, 6.07) is 6.16. The van der Waals surface area contributed by atoms with Crippen LogP contribution in [0.25, 0.3) is 5.69 Å². The minimum atomic E-state index is -0.657. The Morgan fingerprint density at radius 1 is 1.32 bits per heavy atom. The highest BCUT2D eigenvalue weighted by molar-refractivity contribution is 5.90. The molecule has 0 saturated heterocycles. The zero-order chi connectivity index (χ0) is 18.6. The van der Waals surface area contributed by atoms with E-state index in [2.05, 4.69) is 10.1 Å². The van der Waals surface area contributed by atoms with Crippen molar-refractivity contribution in [3.8, 4) is 5.69 Å². The predicted molar refractivity (Wildman–Crippen MR) is 93.2 cm³/mol. The Kier molecular flexibility index (Phi) is 6.25. The van der Waals surface area contributed by atoms with E-state index in [0.717, 1.165) is 6.42 Å². The van der Waals surface area contributed by atoms with Gasteiger partial charge in [-0.3, -0.25) is 4.79 Å². The molecule has 0 spiro atoms. The first kappa shape index (κ1) is 19.1. The lowest BCUT2D eigenvalue weighted by molar-refractivity contribution is 0.0567. The topological polar surface area (TPSA) is 71.2 Å². The molecule has 6 nitrogen and oxygen atoms in total. The average molecular weight is 348 g/mol. The van der Waals surface area contributed by atoms with Crippen LogP contribution < -0.4 is 0 Å². The molecule has 7 heteroatoms. The van der Waals surface area contributed by atoms with Gasteiger partial charge in [0.05, 0.1) is 6.10 Å². The zero-order valence-corrected chi connectivity index (χ0v) is 15.1. The lowest BCUT2D eigenvalue weighted by Crippen LogP contribution is -2.41. The lowest BCUT2D eigenvalue weighted by atomic mass is 10.2. The molecule has 0 radical (unpaired) electrons. The van der Waals surface area contributed by atoms with Crippen molar-refractivity contribution in [1.29, 1.82) is 0 Å². The summed E-state index contributed by atoms with van der Waals surface area (Å²) in [6.07, 6.45) is 0.713. The van der Waals surface area contributed by atoms with Crippen LogP contribution in [0.1, 0.15) is 50.6 Å². The third kappa shape index (κ3) is 4.42. The summed E-state index contributed by atoms with van der Waals surface area (Å²) in [5.74, 6) is -0.241. The van der Waals surface area contributed by atoms with E-state index < -0.39 is 11.9 Å². The number of rotatable bonds is 7. The largest absolute Gasteiger partial charge is 0.392 e. The maximum atomic E-state index is 14.1. The van der Waals surface area contributed by atoms with Crippen LogP contribution in [0, 0.1) is 5.82 Å². The van der Waals surface area contributed by atoms with Gasteiger partial charge in [0.2, 0.25) is 5.82 Å². The fraction of sp³-hybridized carbons (Fsp3) is 0.500. The molecule has 1 unspecified atom stereocenters. The number of aliphatic hydroxyl groups is 1. The van der Waals surface area contributed by atoms with E-state index >= 15 is 0 Å². The van der Waals surface area contributed by atoms with Crippen molar-refractivity contribution >= 4 is 5.91 Å². The highest BCUT2D eigenvalue weighted by atomic mass is 19.1. The number of carbonyl (C=O) groups is 1. The monoisotopic (exact) mass is 348 g/mol. The number of para-hydroxylation sites is 1. The summed E-state index contributed by atoms with van der Waals surface area (Å²) in [4.78, 5) is 18.6. The Labute approximate surface area is 147 Å². The van der Waals surface area contributed by atoms with Crippen molar-refractivity contribution in [2.45, 2.75) is 52.7 Å². The second-order valence-corrected chi connectivity index (χ2v) is 6.37. The molecule has 1 aromatic heterocycles. The van der Waals surface area contributed by atoms with Gasteiger partial charge in [-0.05, 0) is 39.3 Å². The molecule has 136 valence electrons. The number of halogens is 1. The Bertz CT molecular complexity index is 728. The SMILES string of the molecule is CCCc1nc(C(=O)N(CC(C)O)C(C)C)nn1-c1ccccc1F. The van der Waals surface area contributed by atoms with Gasteiger partial charge in [-0.25, -0.2) is 14.1 Å². The lowest BCUT2D eigenvalue weighted by Gasteiger charge is -2.26. The van der Waals surface area contributed by atoms with Crippen molar-refractivity contribution in [3.05, 3.63) is 41.7 Å². The van der Waals surface area contributed by atoms with Gasteiger partial charge in [0, 0.05) is 19.0 Å². The van der Waals surface area contributed by atoms with Gasteiger partial charge in [-0.15, -0.1) is 5.10 Å². The summed E-state index contributed by atoms with van der Waals surface area (Å²) in [6.45, 7) is 7.52. The van der Waals surface area contributed by atoms with E-state index in [0.29, 0.717) is 12.2 Å². The first-order valence-corrected chi connectivity index (χ1v) is 8.55. The number of benzene rings is 1. The van der Waals surface area contributed by atoms with E-state index in [4.69, 9.17) is 0 Å². The van der Waals surface area contributed by atoms with Crippen LogP contribution in [-0.4, -0.2) is 49.4 Å². The van der Waals surface area contributed by atoms with Crippen LogP contribution in [0.3, 0.4) is 0 Å². The second-order valence-electron chi connectivity index (χ2n) is 6.37. The fourth-order valence-electron chi connectivity index (χ4n) is 2.58. The molecular formula is C18H25FN4O2. The minimum absolute atomic E-state index is 0.0149. The first-order chi connectivity index (χ1) is 11.8. The highest BCUT2D eigenvalue weighted by Crippen LogP contribution is 2.16. The minimum Gasteiger partial charge on any atom is -0.392 e. The van der Waals surface area contributed by atoms with Gasteiger partial charge in [-0.2, -0.15) is 0 Å². The summed E-state index contributed by atoms with van der Waals surface area (Å²) < 4.78 is 15.5. The Morgan fingerprint density at radius 2 is 2.00 bits per heavy atom. The van der Waals surface area contributed by atoms with E-state index in [1.54, 1.807) is 25.1 Å². The quantitative estimate of drug-likeness (QED) is 0.835. The predicted octanol–water partition coefficient (Wildman–Crippen LogP) is 2.59. The van der Waals surface area contributed by atoms with Crippen molar-refractivity contribution < 1.29 is 14.3 Å². The molecule has 0 fully saturated rings. The number of nitrogens with zero attached hydrogens (tertiary/aromatic N) is 4. The molecule has 0 aliphatic rings. The van der Waals surface area contributed by atoms with Crippen molar-refractivity contribution in [2.75, 3.05) is 6.54 Å². The maximum absolute atomic E-state index is 14.1. The highest BCUT2D eigenvalue weighted by Gasteiger charge is 2.26. The smallest absolute Gasteiger partial charge is 0.293 e. The average Bonchev–Trinajstić information content (AvgIpc) is 2.96. The molecule has 1 amide bonds. The second kappa shape index (κ2) is 8.20. The first-order valence-electron chi connectivity index (χ1n) is 8.55. The fourth-order valence-corrected chi connectivity index (χ4v) is 2.58. The van der Waals surface area contributed by atoms with Crippen LogP contribution in [-0.2, 0) is 6.42 Å². The molecule has 2 rings (SSSR count). The third-order valence-electron chi connectivity index (χ3n) is 3.76. The third-order valence-corrected chi connectivity index (χ3v) is 3.76. The van der Waals surface area contributed by atoms with Gasteiger partial charge in [-0.1, -0.05) is 19.1 Å². The number of amides is 1. The standard InChI is InChI=1S/C18H25FN4O2/c1-5-8-16-20-17(18(25)22(12(2)3)11-13(4)24)21-23(16)15-10-7-6-9-14(15)19/h6-7,9-10,12-13,24H,5,8,11H2,1-4H3. The van der Waals surface area contributed by atoms with E-state index in [1.807, 2.05) is 20.8 Å². The van der Waals surface area contributed by atoms with E-state index in [1.165, 1.54) is 15.6 Å². The molecular weight excluding hydrogens is 323 g/mol. The molecule has 0 bridgehead atoms. The Hall–Kier alpha value is -2.28. The van der Waals surface area contributed by atoms with Gasteiger partial charge in [0.25, 0.3) is 5.91 Å². The van der Waals surface area contributed by atoms with Gasteiger partial charge in [0.1, 0.15) is 17.3 Å². The van der Waals surface area contributed by atoms with Crippen molar-refractivity contribution in [2.24, 2.45) is 0 Å². The van der Waals surface area contributed by atoms with Crippen LogP contribution in [0.4, 0.5) is 4.39 Å². The molecule has 0 aliphatic heterocycles. The zero-order valence-electron chi connectivity index (χ0n) is 15.1. The van der Waals surface area contributed by atoms with Crippen LogP contribution in [0.15, 0.2) is 24.3 Å². The summed E-state index contributed by atoms with van der Waals surface area (Å²) in [7, 11) is 0. The molecule has 1 N–H and O–H groups in total. The van der Waals surface area contributed by atoms with Crippen molar-refractivity contribution in [3.63, 3.8) is 0 Å². The molecule has 0 aliphatic carbocycles. The normalized spacial score (nSPS) is 12.4. The number of aliphatic hydroxyl groups excluding tert-OH is 1. The van der Waals surface area contributed by atoms with Crippen LogP contribution >= 0.6 is 0 Å². The summed E-state index contributed by atoms with van der Waals surface area (Å²) in [5, 5.41) is 13.9. The number of carbonyl (C=O) groups excluding carboxylic acids is 1. The number of aromatic nitrogens is 3. The molecule has 1 heterocycles. The number of hydrogen-bond acceptors (Lipinski definition) is 4. The Morgan fingerprint density at radius 3 is 2.56 bits per heavy atom. The van der Waals surface area contributed by atoms with E-state index in [-0.39, 0.29) is 30.0 Å². The molecule has 0 saturated carbocycles. The molecule has 1 atom stereocenters. The summed E-state index contributed by atoms with van der Waals surface area (Å²) >= 11 is 0. The molecule has 25 heavy (non-hydrogen) atoms. The Balaban J connectivity index is 2.44. The van der Waals surface area contributed by atoms with Gasteiger partial charge < -0.3 is 10.0 Å².